The van der Waals surface area contributed by atoms with Gasteiger partial charge in [0.15, 0.2) is 0 Å². The summed E-state index contributed by atoms with van der Waals surface area (Å²) in [7, 11) is 0. The van der Waals surface area contributed by atoms with Crippen molar-refractivity contribution < 1.29 is 14.8 Å². The van der Waals surface area contributed by atoms with Crippen LogP contribution in [0.4, 0.5) is 17.2 Å². The maximum Gasteiger partial charge on any atom is 0.336 e. The second kappa shape index (κ2) is 5.76. The number of nitrogens with one attached hydrogen (secondary N) is 1. The van der Waals surface area contributed by atoms with Crippen LogP contribution in [0.25, 0.3) is 0 Å². The molecule has 0 spiro atoms. The lowest BCUT2D eigenvalue weighted by molar-refractivity contribution is -0.384. The van der Waals surface area contributed by atoms with Gasteiger partial charge in [0.1, 0.15) is 0 Å². The minimum atomic E-state index is -1.07. The van der Waals surface area contributed by atoms with Gasteiger partial charge in [-0.2, -0.15) is 0 Å². The summed E-state index contributed by atoms with van der Waals surface area (Å²) in [4.78, 5) is 25.3. The summed E-state index contributed by atoms with van der Waals surface area (Å²) in [6.45, 7) is 1.66. The molecule has 0 saturated carbocycles. The summed E-state index contributed by atoms with van der Waals surface area (Å²) in [5, 5.41) is 22.9. The van der Waals surface area contributed by atoms with Crippen LogP contribution in [-0.2, 0) is 0 Å². The fraction of sp³-hybridized carbons (Fsp3) is 0.0769. The van der Waals surface area contributed by atoms with Gasteiger partial charge in [-0.05, 0) is 24.6 Å². The van der Waals surface area contributed by atoms with Gasteiger partial charge in [-0.15, -0.1) is 0 Å². The van der Waals surface area contributed by atoms with Crippen LogP contribution in [0, 0.1) is 17.0 Å². The number of carboxylic acids is 1. The smallest absolute Gasteiger partial charge is 0.336 e. The molecule has 7 nitrogen and oxygen atoms in total. The highest BCUT2D eigenvalue weighted by Crippen LogP contribution is 2.28. The molecule has 0 saturated heterocycles. The average molecular weight is 308 g/mol. The van der Waals surface area contributed by atoms with Crippen molar-refractivity contribution in [1.82, 2.24) is 4.98 Å². The minimum absolute atomic E-state index is 0.00964. The van der Waals surface area contributed by atoms with Gasteiger partial charge in [0, 0.05) is 18.0 Å². The van der Waals surface area contributed by atoms with E-state index in [4.69, 9.17) is 16.7 Å². The number of carbonyl (C=O) groups is 1. The second-order valence-corrected chi connectivity index (χ2v) is 4.67. The van der Waals surface area contributed by atoms with E-state index in [1.165, 1.54) is 18.3 Å². The van der Waals surface area contributed by atoms with E-state index in [0.717, 1.165) is 0 Å². The summed E-state index contributed by atoms with van der Waals surface area (Å²) in [5.41, 5.74) is 0.791. The molecule has 1 aromatic carbocycles. The van der Waals surface area contributed by atoms with Gasteiger partial charge in [-0.3, -0.25) is 10.1 Å². The zero-order valence-electron chi connectivity index (χ0n) is 10.8. The SMILES string of the molecule is Cc1ccc(Nc2ncc(Cl)cc2[N+](=O)[O-])cc1C(=O)O. The number of aryl methyl sites for hydroxylation is 1. The van der Waals surface area contributed by atoms with E-state index in [2.05, 4.69) is 10.3 Å². The summed E-state index contributed by atoms with van der Waals surface area (Å²) >= 11 is 5.68. The molecule has 108 valence electrons. The van der Waals surface area contributed by atoms with Gasteiger partial charge in [-0.25, -0.2) is 9.78 Å². The monoisotopic (exact) mass is 307 g/mol. The Morgan fingerprint density at radius 1 is 1.43 bits per heavy atom. The van der Waals surface area contributed by atoms with Gasteiger partial charge in [0.2, 0.25) is 5.82 Å². The molecule has 0 atom stereocenters. The number of aromatic nitrogens is 1. The van der Waals surface area contributed by atoms with Crippen LogP contribution in [0.3, 0.4) is 0 Å². The van der Waals surface area contributed by atoms with Gasteiger partial charge >= 0.3 is 11.7 Å². The van der Waals surface area contributed by atoms with Crippen LogP contribution in [0.2, 0.25) is 5.02 Å². The number of anilines is 2. The number of rotatable bonds is 4. The Bertz CT molecular complexity index is 733. The first-order valence-corrected chi connectivity index (χ1v) is 6.17. The van der Waals surface area contributed by atoms with Crippen molar-refractivity contribution in [3.63, 3.8) is 0 Å². The van der Waals surface area contributed by atoms with Crippen molar-refractivity contribution in [3.05, 3.63) is 56.7 Å². The quantitative estimate of drug-likeness (QED) is 0.662. The molecule has 0 amide bonds. The molecule has 1 heterocycles. The molecule has 0 radical (unpaired) electrons. The number of nitrogens with zero attached hydrogens (tertiary/aromatic N) is 2. The third-order valence-corrected chi connectivity index (χ3v) is 2.97. The van der Waals surface area contributed by atoms with Crippen LogP contribution >= 0.6 is 11.6 Å². The van der Waals surface area contributed by atoms with Crippen LogP contribution in [0.15, 0.2) is 30.5 Å². The van der Waals surface area contributed by atoms with Crippen LogP contribution in [0.5, 0.6) is 0 Å². The molecular formula is C13H10ClN3O4. The third-order valence-electron chi connectivity index (χ3n) is 2.76. The van der Waals surface area contributed by atoms with Gasteiger partial charge in [0.05, 0.1) is 15.5 Å². The molecule has 0 unspecified atom stereocenters. The highest BCUT2D eigenvalue weighted by atomic mass is 35.5. The van der Waals surface area contributed by atoms with Crippen molar-refractivity contribution >= 4 is 34.8 Å². The molecule has 0 bridgehead atoms. The van der Waals surface area contributed by atoms with E-state index in [1.54, 1.807) is 19.1 Å². The Kier molecular flexibility index (Phi) is 4.04. The second-order valence-electron chi connectivity index (χ2n) is 4.24. The van der Waals surface area contributed by atoms with Crippen LogP contribution < -0.4 is 5.32 Å². The van der Waals surface area contributed by atoms with E-state index < -0.39 is 10.9 Å². The lowest BCUT2D eigenvalue weighted by atomic mass is 10.1. The fourth-order valence-electron chi connectivity index (χ4n) is 1.73. The predicted octanol–water partition coefficient (Wildman–Crippen LogP) is 3.39. The lowest BCUT2D eigenvalue weighted by Crippen LogP contribution is -2.03. The predicted molar refractivity (Wildman–Crippen MR) is 77.3 cm³/mol. The Morgan fingerprint density at radius 3 is 2.76 bits per heavy atom. The Labute approximate surface area is 124 Å². The zero-order chi connectivity index (χ0) is 15.6. The van der Waals surface area contributed by atoms with Crippen molar-refractivity contribution in [2.75, 3.05) is 5.32 Å². The lowest BCUT2D eigenvalue weighted by Gasteiger charge is -2.08. The maximum atomic E-state index is 11.1. The van der Waals surface area contributed by atoms with Crippen LogP contribution in [0.1, 0.15) is 15.9 Å². The number of pyridine rings is 1. The van der Waals surface area contributed by atoms with Crippen molar-refractivity contribution in [2.24, 2.45) is 0 Å². The van der Waals surface area contributed by atoms with E-state index in [9.17, 15) is 14.9 Å². The summed E-state index contributed by atoms with van der Waals surface area (Å²) in [6, 6.07) is 5.77. The largest absolute Gasteiger partial charge is 0.478 e. The molecule has 8 heteroatoms. The molecule has 2 N–H and O–H groups in total. The molecule has 1 aromatic heterocycles. The minimum Gasteiger partial charge on any atom is -0.478 e. The summed E-state index contributed by atoms with van der Waals surface area (Å²) in [6.07, 6.45) is 1.27. The van der Waals surface area contributed by atoms with Crippen LogP contribution in [-0.4, -0.2) is 21.0 Å². The number of aromatic carboxylic acids is 1. The number of hydrogen-bond acceptors (Lipinski definition) is 5. The van der Waals surface area contributed by atoms with Crippen molar-refractivity contribution in [3.8, 4) is 0 Å². The molecule has 0 aliphatic carbocycles. The molecule has 2 aromatic rings. The normalized spacial score (nSPS) is 10.2. The Hall–Kier alpha value is -2.67. The van der Waals surface area contributed by atoms with E-state index >= 15 is 0 Å². The highest BCUT2D eigenvalue weighted by Gasteiger charge is 2.17. The highest BCUT2D eigenvalue weighted by molar-refractivity contribution is 6.30. The fourth-order valence-corrected chi connectivity index (χ4v) is 1.88. The van der Waals surface area contributed by atoms with Gasteiger partial charge < -0.3 is 10.4 Å². The molecule has 0 aliphatic rings. The number of halogens is 1. The van der Waals surface area contributed by atoms with Gasteiger partial charge in [-0.1, -0.05) is 17.7 Å². The summed E-state index contributed by atoms with van der Waals surface area (Å²) in [5.74, 6) is -1.08. The number of hydrogen-bond donors (Lipinski definition) is 2. The molecule has 0 fully saturated rings. The topological polar surface area (TPSA) is 105 Å². The number of nitro groups is 1. The first kappa shape index (κ1) is 14.7. The molecule has 21 heavy (non-hydrogen) atoms. The maximum absolute atomic E-state index is 11.1. The van der Waals surface area contributed by atoms with Crippen molar-refractivity contribution in [2.45, 2.75) is 6.92 Å². The zero-order valence-corrected chi connectivity index (χ0v) is 11.6. The van der Waals surface area contributed by atoms with E-state index in [1.807, 2.05) is 0 Å². The number of benzene rings is 1. The Balaban J connectivity index is 2.41. The molecular weight excluding hydrogens is 298 g/mol. The first-order valence-electron chi connectivity index (χ1n) is 5.79. The molecule has 0 aliphatic heterocycles. The first-order chi connectivity index (χ1) is 9.88. The molecule has 2 rings (SSSR count). The number of carboxylic acid groups (broad SMARTS) is 1. The van der Waals surface area contributed by atoms with Gasteiger partial charge in [0.25, 0.3) is 0 Å². The summed E-state index contributed by atoms with van der Waals surface area (Å²) < 4.78 is 0. The average Bonchev–Trinajstić information content (AvgIpc) is 2.42. The standard InChI is InChI=1S/C13H10ClN3O4/c1-7-2-3-9(5-10(7)13(18)19)16-12-11(17(20)21)4-8(14)6-15-12/h2-6H,1H3,(H,15,16)(H,18,19). The van der Waals surface area contributed by atoms with E-state index in [-0.39, 0.29) is 22.1 Å². The third kappa shape index (κ3) is 3.26. The Morgan fingerprint density at radius 2 is 2.14 bits per heavy atom. The van der Waals surface area contributed by atoms with E-state index in [0.29, 0.717) is 11.3 Å². The van der Waals surface area contributed by atoms with Crippen molar-refractivity contribution in [1.29, 1.82) is 0 Å².